The first kappa shape index (κ1) is 33.3. The van der Waals surface area contributed by atoms with Crippen molar-refractivity contribution < 1.29 is 34.5 Å². The van der Waals surface area contributed by atoms with Gasteiger partial charge in [-0.05, 0) is 6.92 Å². The minimum atomic E-state index is -0.973. The lowest BCUT2D eigenvalue weighted by Gasteiger charge is -2.29. The van der Waals surface area contributed by atoms with Crippen LogP contribution in [0.4, 0.5) is 0 Å². The second kappa shape index (κ2) is 22.3. The number of carbonyl (C=O) groups excluding carboxylic acids is 1. The molecule has 11 heteroatoms. The SMILES string of the molecule is C=O.CC.CC.CC1=NCCN(CC(=O)O)CCN(CC(=O)O)CCN(CC(=O)O)C1. The van der Waals surface area contributed by atoms with Crippen LogP contribution in [0, 0.1) is 0 Å². The maximum absolute atomic E-state index is 11.0. The summed E-state index contributed by atoms with van der Waals surface area (Å²) in [6, 6.07) is 0. The van der Waals surface area contributed by atoms with Gasteiger partial charge < -0.3 is 20.1 Å². The predicted octanol–water partition coefficient (Wildman–Crippen LogP) is 0.488. The zero-order chi connectivity index (χ0) is 24.8. The summed E-state index contributed by atoms with van der Waals surface area (Å²) in [5.74, 6) is -2.86. The van der Waals surface area contributed by atoms with Gasteiger partial charge in [0.25, 0.3) is 0 Å². The van der Waals surface area contributed by atoms with E-state index in [1.54, 1.807) is 21.6 Å². The van der Waals surface area contributed by atoms with Crippen molar-refractivity contribution in [2.24, 2.45) is 4.99 Å². The summed E-state index contributed by atoms with van der Waals surface area (Å²) < 4.78 is 0. The first-order chi connectivity index (χ1) is 14.8. The fraction of sp³-hybridized carbons (Fsp3) is 0.750. The van der Waals surface area contributed by atoms with Crippen molar-refractivity contribution in [3.8, 4) is 0 Å². The number of nitrogens with zero attached hydrogens (tertiary/aromatic N) is 4. The number of aliphatic imine (C=N–C) groups is 1. The molecule has 0 aromatic rings. The predicted molar refractivity (Wildman–Crippen MR) is 120 cm³/mol. The van der Waals surface area contributed by atoms with Crippen molar-refractivity contribution in [2.75, 3.05) is 65.4 Å². The molecule has 0 unspecified atom stereocenters. The molecule has 0 spiro atoms. The number of carboxylic acids is 3. The molecule has 0 fully saturated rings. The van der Waals surface area contributed by atoms with Crippen LogP contribution in [0.5, 0.6) is 0 Å². The van der Waals surface area contributed by atoms with Crippen molar-refractivity contribution in [3.63, 3.8) is 0 Å². The van der Waals surface area contributed by atoms with Crippen LogP contribution in [0.25, 0.3) is 0 Å². The van der Waals surface area contributed by atoms with Gasteiger partial charge in [-0.25, -0.2) is 0 Å². The van der Waals surface area contributed by atoms with E-state index in [0.717, 1.165) is 5.71 Å². The van der Waals surface area contributed by atoms with Crippen LogP contribution in [0.3, 0.4) is 0 Å². The average Bonchev–Trinajstić information content (AvgIpc) is 2.72. The Bertz CT molecular complexity index is 530. The lowest BCUT2D eigenvalue weighted by atomic mass is 10.3. The van der Waals surface area contributed by atoms with Crippen LogP contribution < -0.4 is 0 Å². The second-order valence-corrected chi connectivity index (χ2v) is 6.06. The Morgan fingerprint density at radius 1 is 0.742 bits per heavy atom. The number of hydrogen-bond donors (Lipinski definition) is 3. The maximum Gasteiger partial charge on any atom is 0.317 e. The van der Waals surface area contributed by atoms with Gasteiger partial charge in [-0.15, -0.1) is 0 Å². The summed E-state index contributed by atoms with van der Waals surface area (Å²) in [7, 11) is 0. The minimum Gasteiger partial charge on any atom is -0.480 e. The van der Waals surface area contributed by atoms with Gasteiger partial charge in [-0.3, -0.25) is 34.1 Å². The van der Waals surface area contributed by atoms with Crippen LogP contribution in [0.2, 0.25) is 0 Å². The third kappa shape index (κ3) is 20.7. The third-order valence-corrected chi connectivity index (χ3v) is 3.79. The molecule has 11 nitrogen and oxygen atoms in total. The van der Waals surface area contributed by atoms with E-state index < -0.39 is 17.9 Å². The Hall–Kier alpha value is -2.37. The van der Waals surface area contributed by atoms with Crippen molar-refractivity contribution in [2.45, 2.75) is 34.6 Å². The average molecular weight is 449 g/mol. The van der Waals surface area contributed by atoms with E-state index in [1.807, 2.05) is 34.5 Å². The largest absolute Gasteiger partial charge is 0.480 e. The molecule has 1 aliphatic heterocycles. The molecule has 0 amide bonds. The summed E-state index contributed by atoms with van der Waals surface area (Å²) in [5, 5.41) is 27.1. The molecule has 0 aromatic heterocycles. The summed E-state index contributed by atoms with van der Waals surface area (Å²) in [4.78, 5) is 50.5. The monoisotopic (exact) mass is 448 g/mol. The molecule has 0 radical (unpaired) electrons. The van der Waals surface area contributed by atoms with E-state index in [4.69, 9.17) is 20.1 Å². The first-order valence-corrected chi connectivity index (χ1v) is 10.4. The molecular weight excluding hydrogens is 408 g/mol. The summed E-state index contributed by atoms with van der Waals surface area (Å²) in [5.41, 5.74) is 0.766. The highest BCUT2D eigenvalue weighted by Crippen LogP contribution is 1.99. The Labute approximate surface area is 185 Å². The van der Waals surface area contributed by atoms with Gasteiger partial charge in [-0.2, -0.15) is 0 Å². The highest BCUT2D eigenvalue weighted by molar-refractivity contribution is 5.84. The highest BCUT2D eigenvalue weighted by atomic mass is 16.4. The highest BCUT2D eigenvalue weighted by Gasteiger charge is 2.18. The zero-order valence-corrected chi connectivity index (χ0v) is 19.5. The van der Waals surface area contributed by atoms with Gasteiger partial charge in [0.2, 0.25) is 0 Å². The minimum absolute atomic E-state index is 0.124. The molecule has 3 N–H and O–H groups in total. The van der Waals surface area contributed by atoms with Crippen LogP contribution in [-0.4, -0.2) is 126 Å². The topological polar surface area (TPSA) is 151 Å². The van der Waals surface area contributed by atoms with Gasteiger partial charge in [0.15, 0.2) is 0 Å². The standard InChI is InChI=1S/C15H26N4O6.2C2H6.CH2O/c1-12-8-19(11-15(24)25)7-6-18(10-14(22)23)5-4-17(3-2-16-12)9-13(20)21;3*1-2/h2-11H2,1H3,(H,20,21)(H,22,23)(H,24,25);2*1-2H3;1H2. The van der Waals surface area contributed by atoms with Gasteiger partial charge in [0.1, 0.15) is 6.79 Å². The van der Waals surface area contributed by atoms with Gasteiger partial charge >= 0.3 is 17.9 Å². The van der Waals surface area contributed by atoms with Crippen molar-refractivity contribution in [1.82, 2.24) is 14.7 Å². The lowest BCUT2D eigenvalue weighted by Crippen LogP contribution is -2.45. The Kier molecular flexibility index (Phi) is 24.0. The number of rotatable bonds is 6. The number of carboxylic acid groups (broad SMARTS) is 3. The normalized spacial score (nSPS) is 16.2. The summed E-state index contributed by atoms with van der Waals surface area (Å²) >= 11 is 0. The van der Waals surface area contributed by atoms with Gasteiger partial charge in [0, 0.05) is 45.0 Å². The van der Waals surface area contributed by atoms with Gasteiger partial charge in [-0.1, -0.05) is 27.7 Å². The molecule has 0 saturated carbocycles. The van der Waals surface area contributed by atoms with Crippen molar-refractivity contribution in [1.29, 1.82) is 0 Å². The molecule has 0 aliphatic carbocycles. The van der Waals surface area contributed by atoms with Crippen LogP contribution in [0.15, 0.2) is 4.99 Å². The van der Waals surface area contributed by atoms with Crippen LogP contribution in [0.1, 0.15) is 34.6 Å². The Morgan fingerprint density at radius 3 is 1.45 bits per heavy atom. The molecule has 0 aromatic carbocycles. The van der Waals surface area contributed by atoms with Crippen molar-refractivity contribution >= 4 is 30.4 Å². The number of carbonyl (C=O) groups is 4. The molecule has 1 heterocycles. The Morgan fingerprint density at radius 2 is 1.06 bits per heavy atom. The second-order valence-electron chi connectivity index (χ2n) is 6.06. The molecule has 1 rings (SSSR count). The van der Waals surface area contributed by atoms with E-state index in [1.165, 1.54) is 0 Å². The summed E-state index contributed by atoms with van der Waals surface area (Å²) in [6.07, 6.45) is 0. The first-order valence-electron chi connectivity index (χ1n) is 10.4. The van der Waals surface area contributed by atoms with Gasteiger partial charge in [0.05, 0.1) is 26.2 Å². The molecule has 0 saturated heterocycles. The number of hydrogen-bond acceptors (Lipinski definition) is 8. The van der Waals surface area contributed by atoms with E-state index in [0.29, 0.717) is 45.8 Å². The quantitative estimate of drug-likeness (QED) is 0.523. The molecule has 182 valence electrons. The lowest BCUT2D eigenvalue weighted by molar-refractivity contribution is -0.140. The summed E-state index contributed by atoms with van der Waals surface area (Å²) in [6.45, 7) is 14.2. The van der Waals surface area contributed by atoms with E-state index in [2.05, 4.69) is 4.99 Å². The third-order valence-electron chi connectivity index (χ3n) is 3.79. The molecule has 0 atom stereocenters. The maximum atomic E-state index is 11.0. The van der Waals surface area contributed by atoms with E-state index in [9.17, 15) is 14.4 Å². The fourth-order valence-corrected chi connectivity index (χ4v) is 2.65. The molecule has 0 bridgehead atoms. The van der Waals surface area contributed by atoms with Crippen molar-refractivity contribution in [3.05, 3.63) is 0 Å². The van der Waals surface area contributed by atoms with E-state index in [-0.39, 0.29) is 19.6 Å². The molecule has 31 heavy (non-hydrogen) atoms. The molecule has 1 aliphatic rings. The fourth-order valence-electron chi connectivity index (χ4n) is 2.65. The number of aliphatic carboxylic acids is 3. The Balaban J connectivity index is -0.00000120. The molecular formula is C20H40N4O7. The van der Waals surface area contributed by atoms with Crippen LogP contribution in [-0.2, 0) is 19.2 Å². The zero-order valence-electron chi connectivity index (χ0n) is 19.5. The van der Waals surface area contributed by atoms with E-state index >= 15 is 0 Å². The smallest absolute Gasteiger partial charge is 0.317 e. The van der Waals surface area contributed by atoms with Crippen LogP contribution >= 0.6 is 0 Å².